The highest BCUT2D eigenvalue weighted by Gasteiger charge is 2.18. The van der Waals surface area contributed by atoms with Crippen LogP contribution in [0.25, 0.3) is 0 Å². The highest BCUT2D eigenvalue weighted by atomic mass is 32.1. The van der Waals surface area contributed by atoms with Crippen molar-refractivity contribution < 1.29 is 14.7 Å². The number of rotatable bonds is 6. The van der Waals surface area contributed by atoms with Crippen LogP contribution in [0.2, 0.25) is 0 Å². The number of nitrogens with zero attached hydrogens (tertiary/aromatic N) is 1. The first kappa shape index (κ1) is 13.7. The number of amides is 1. The van der Waals surface area contributed by atoms with Crippen LogP contribution in [0.5, 0.6) is 0 Å². The van der Waals surface area contributed by atoms with Gasteiger partial charge in [0.25, 0.3) is 0 Å². The van der Waals surface area contributed by atoms with Gasteiger partial charge in [0, 0.05) is 24.9 Å². The average Bonchev–Trinajstić information content (AvgIpc) is 2.78. The lowest BCUT2D eigenvalue weighted by Gasteiger charge is -2.17. The molecule has 1 N–H and O–H groups in total. The summed E-state index contributed by atoms with van der Waals surface area (Å²) in [6.45, 7) is 2.18. The van der Waals surface area contributed by atoms with E-state index >= 15 is 0 Å². The molecule has 1 aromatic rings. The Labute approximate surface area is 105 Å². The van der Waals surface area contributed by atoms with E-state index in [9.17, 15) is 9.59 Å². The second kappa shape index (κ2) is 6.39. The lowest BCUT2D eigenvalue weighted by atomic mass is 10.1. The lowest BCUT2D eigenvalue weighted by Crippen LogP contribution is -2.31. The maximum absolute atomic E-state index is 11.7. The van der Waals surface area contributed by atoms with Gasteiger partial charge in [-0.1, -0.05) is 13.0 Å². The van der Waals surface area contributed by atoms with Crippen molar-refractivity contribution in [1.29, 1.82) is 0 Å². The summed E-state index contributed by atoms with van der Waals surface area (Å²) in [6.07, 6.45) is 0.887. The number of hydrogen-bond acceptors (Lipinski definition) is 3. The first-order valence-electron chi connectivity index (χ1n) is 5.50. The van der Waals surface area contributed by atoms with E-state index in [1.807, 2.05) is 17.5 Å². The van der Waals surface area contributed by atoms with Crippen LogP contribution in [0.4, 0.5) is 0 Å². The Balaban J connectivity index is 2.34. The number of thiophene rings is 1. The van der Waals surface area contributed by atoms with E-state index in [1.54, 1.807) is 30.2 Å². The van der Waals surface area contributed by atoms with Gasteiger partial charge in [-0.15, -0.1) is 11.3 Å². The fraction of sp³-hybridized carbons (Fsp3) is 0.500. The first-order valence-corrected chi connectivity index (χ1v) is 6.38. The van der Waals surface area contributed by atoms with Crippen LogP contribution in [0.3, 0.4) is 0 Å². The van der Waals surface area contributed by atoms with Crippen molar-refractivity contribution in [3.8, 4) is 0 Å². The third-order valence-corrected chi connectivity index (χ3v) is 3.54. The number of carbonyl (C=O) groups is 2. The number of hydrogen-bond donors (Lipinski definition) is 1. The SMILES string of the molecule is CC(CC(=O)N(C)CCc1cccs1)C(=O)O. The summed E-state index contributed by atoms with van der Waals surface area (Å²) in [5.74, 6) is -1.66. The third kappa shape index (κ3) is 4.56. The van der Waals surface area contributed by atoms with E-state index < -0.39 is 11.9 Å². The van der Waals surface area contributed by atoms with E-state index in [4.69, 9.17) is 5.11 Å². The molecule has 94 valence electrons. The van der Waals surface area contributed by atoms with Crippen molar-refractivity contribution in [2.24, 2.45) is 5.92 Å². The largest absolute Gasteiger partial charge is 0.481 e. The zero-order valence-corrected chi connectivity index (χ0v) is 10.9. The topological polar surface area (TPSA) is 57.6 Å². The molecule has 5 heteroatoms. The van der Waals surface area contributed by atoms with Crippen LogP contribution in [0.15, 0.2) is 17.5 Å². The Morgan fingerprint density at radius 1 is 1.53 bits per heavy atom. The second-order valence-corrected chi connectivity index (χ2v) is 5.12. The van der Waals surface area contributed by atoms with E-state index in [-0.39, 0.29) is 12.3 Å². The zero-order valence-electron chi connectivity index (χ0n) is 10.0. The van der Waals surface area contributed by atoms with E-state index in [0.717, 1.165) is 6.42 Å². The molecule has 0 aliphatic heterocycles. The minimum atomic E-state index is -0.926. The zero-order chi connectivity index (χ0) is 12.8. The smallest absolute Gasteiger partial charge is 0.306 e. The van der Waals surface area contributed by atoms with Crippen LogP contribution in [0.1, 0.15) is 18.2 Å². The molecule has 0 aliphatic carbocycles. The minimum absolute atomic E-state index is 0.0657. The maximum atomic E-state index is 11.7. The molecule has 1 unspecified atom stereocenters. The predicted molar refractivity (Wildman–Crippen MR) is 67.1 cm³/mol. The summed E-state index contributed by atoms with van der Waals surface area (Å²) in [5, 5.41) is 10.7. The molecule has 0 spiro atoms. The van der Waals surface area contributed by atoms with Crippen molar-refractivity contribution >= 4 is 23.2 Å². The number of likely N-dealkylation sites (N-methyl/N-ethyl adjacent to an activating group) is 1. The molecule has 0 aromatic carbocycles. The molecule has 0 bridgehead atoms. The Bertz CT molecular complexity index is 375. The molecule has 1 atom stereocenters. The summed E-state index contributed by atoms with van der Waals surface area (Å²) in [6, 6.07) is 4.01. The third-order valence-electron chi connectivity index (χ3n) is 2.60. The van der Waals surface area contributed by atoms with Crippen LogP contribution in [0, 0.1) is 5.92 Å². The van der Waals surface area contributed by atoms with Gasteiger partial charge in [0.05, 0.1) is 5.92 Å². The number of carboxylic acids is 1. The van der Waals surface area contributed by atoms with Crippen LogP contribution >= 0.6 is 11.3 Å². The van der Waals surface area contributed by atoms with Gasteiger partial charge >= 0.3 is 5.97 Å². The summed E-state index contributed by atoms with van der Waals surface area (Å²) in [7, 11) is 1.71. The minimum Gasteiger partial charge on any atom is -0.481 e. The van der Waals surface area contributed by atoms with Crippen molar-refractivity contribution in [3.05, 3.63) is 22.4 Å². The Morgan fingerprint density at radius 3 is 2.76 bits per heavy atom. The van der Waals surface area contributed by atoms with Crippen LogP contribution in [-0.2, 0) is 16.0 Å². The van der Waals surface area contributed by atoms with Gasteiger partial charge in [-0.25, -0.2) is 0 Å². The normalized spacial score (nSPS) is 12.1. The van der Waals surface area contributed by atoms with Gasteiger partial charge in [0.1, 0.15) is 0 Å². The van der Waals surface area contributed by atoms with Gasteiger partial charge in [-0.2, -0.15) is 0 Å². The van der Waals surface area contributed by atoms with E-state index in [2.05, 4.69) is 0 Å². The monoisotopic (exact) mass is 255 g/mol. The maximum Gasteiger partial charge on any atom is 0.306 e. The number of carbonyl (C=O) groups excluding carboxylic acids is 1. The highest BCUT2D eigenvalue weighted by Crippen LogP contribution is 2.10. The van der Waals surface area contributed by atoms with Crippen molar-refractivity contribution in [3.63, 3.8) is 0 Å². The molecule has 1 aromatic heterocycles. The predicted octanol–water partition coefficient (Wildman–Crippen LogP) is 1.86. The van der Waals surface area contributed by atoms with E-state index in [0.29, 0.717) is 6.54 Å². The molecule has 4 nitrogen and oxygen atoms in total. The lowest BCUT2D eigenvalue weighted by molar-refractivity contribution is -0.144. The average molecular weight is 255 g/mol. The van der Waals surface area contributed by atoms with E-state index in [1.165, 1.54) is 4.88 Å². The summed E-state index contributed by atoms with van der Waals surface area (Å²) >= 11 is 1.66. The Morgan fingerprint density at radius 2 is 2.24 bits per heavy atom. The molecule has 1 heterocycles. The molecule has 1 rings (SSSR count). The summed E-state index contributed by atoms with van der Waals surface area (Å²) < 4.78 is 0. The fourth-order valence-electron chi connectivity index (χ4n) is 1.36. The molecule has 0 aliphatic rings. The van der Waals surface area contributed by atoms with Gasteiger partial charge in [-0.05, 0) is 17.9 Å². The van der Waals surface area contributed by atoms with Gasteiger partial charge in [-0.3, -0.25) is 9.59 Å². The number of aliphatic carboxylic acids is 1. The molecule has 17 heavy (non-hydrogen) atoms. The molecule has 0 fully saturated rings. The Kier molecular flexibility index (Phi) is 5.15. The van der Waals surface area contributed by atoms with Gasteiger partial charge in [0.2, 0.25) is 5.91 Å². The van der Waals surface area contributed by atoms with Crippen LogP contribution < -0.4 is 0 Å². The quantitative estimate of drug-likeness (QED) is 0.844. The first-order chi connectivity index (χ1) is 8.00. The molecular formula is C12H17NO3S. The number of carboxylic acid groups (broad SMARTS) is 1. The summed E-state index contributed by atoms with van der Waals surface area (Å²) in [5.41, 5.74) is 0. The molecule has 0 saturated heterocycles. The van der Waals surface area contributed by atoms with Crippen LogP contribution in [-0.4, -0.2) is 35.5 Å². The van der Waals surface area contributed by atoms with Gasteiger partial charge in [0.15, 0.2) is 0 Å². The molecule has 1 amide bonds. The fourth-order valence-corrected chi connectivity index (χ4v) is 2.06. The summed E-state index contributed by atoms with van der Waals surface area (Å²) in [4.78, 5) is 25.1. The van der Waals surface area contributed by atoms with Crippen molar-refractivity contribution in [2.75, 3.05) is 13.6 Å². The van der Waals surface area contributed by atoms with Crippen molar-refractivity contribution in [2.45, 2.75) is 19.8 Å². The van der Waals surface area contributed by atoms with Gasteiger partial charge < -0.3 is 10.0 Å². The molecule has 0 radical (unpaired) electrons. The molecular weight excluding hydrogens is 238 g/mol. The Hall–Kier alpha value is -1.36. The standard InChI is InChI=1S/C12H17NO3S/c1-9(12(15)16)8-11(14)13(2)6-5-10-4-3-7-17-10/h3-4,7,9H,5-6,8H2,1-2H3,(H,15,16). The second-order valence-electron chi connectivity index (χ2n) is 4.09. The highest BCUT2D eigenvalue weighted by molar-refractivity contribution is 7.09. The molecule has 0 saturated carbocycles. The van der Waals surface area contributed by atoms with Crippen molar-refractivity contribution in [1.82, 2.24) is 4.90 Å².